The molecule has 0 atom stereocenters. The SMILES string of the molecule is CC(C)NC(=O)c1cc(F)cc(C2CCNCC2)c1.Cl. The van der Waals surface area contributed by atoms with Crippen LogP contribution in [0.1, 0.15) is 48.5 Å². The highest BCUT2D eigenvalue weighted by Gasteiger charge is 2.18. The second kappa shape index (κ2) is 7.60. The van der Waals surface area contributed by atoms with E-state index < -0.39 is 0 Å². The van der Waals surface area contributed by atoms with Gasteiger partial charge in [-0.3, -0.25) is 4.79 Å². The van der Waals surface area contributed by atoms with Crippen LogP contribution in [-0.2, 0) is 0 Å². The number of piperidine rings is 1. The average Bonchev–Trinajstić information content (AvgIpc) is 2.38. The van der Waals surface area contributed by atoms with Crippen molar-refractivity contribution in [2.24, 2.45) is 0 Å². The van der Waals surface area contributed by atoms with Crippen LogP contribution in [0.25, 0.3) is 0 Å². The van der Waals surface area contributed by atoms with Crippen LogP contribution < -0.4 is 10.6 Å². The summed E-state index contributed by atoms with van der Waals surface area (Å²) in [5.74, 6) is -0.183. The van der Waals surface area contributed by atoms with Crippen molar-refractivity contribution in [2.45, 2.75) is 38.6 Å². The molecule has 1 aromatic rings. The van der Waals surface area contributed by atoms with E-state index in [0.29, 0.717) is 11.5 Å². The van der Waals surface area contributed by atoms with Crippen LogP contribution in [0, 0.1) is 5.82 Å². The standard InChI is InChI=1S/C15H21FN2O.ClH/c1-10(2)18-15(19)13-7-12(8-14(16)9-13)11-3-5-17-6-4-11;/h7-11,17H,3-6H2,1-2H3,(H,18,19);1H. The van der Waals surface area contributed by atoms with Crippen molar-refractivity contribution in [1.82, 2.24) is 10.6 Å². The van der Waals surface area contributed by atoms with Crippen LogP contribution in [0.3, 0.4) is 0 Å². The molecule has 2 N–H and O–H groups in total. The van der Waals surface area contributed by atoms with Crippen molar-refractivity contribution >= 4 is 18.3 Å². The fourth-order valence-electron chi connectivity index (χ4n) is 2.48. The van der Waals surface area contributed by atoms with Gasteiger partial charge in [-0.2, -0.15) is 0 Å². The van der Waals surface area contributed by atoms with E-state index in [4.69, 9.17) is 0 Å². The first-order chi connectivity index (χ1) is 9.06. The molecule has 2 rings (SSSR count). The van der Waals surface area contributed by atoms with Gasteiger partial charge in [0.05, 0.1) is 0 Å². The first kappa shape index (κ1) is 16.9. The molecular formula is C15H22ClFN2O. The van der Waals surface area contributed by atoms with Gasteiger partial charge < -0.3 is 10.6 Å². The predicted octanol–water partition coefficient (Wildman–Crippen LogP) is 2.85. The van der Waals surface area contributed by atoms with E-state index in [1.807, 2.05) is 19.9 Å². The molecule has 3 nitrogen and oxygen atoms in total. The number of benzene rings is 1. The Hall–Kier alpha value is -1.13. The maximum atomic E-state index is 13.7. The Balaban J connectivity index is 0.00000200. The Morgan fingerprint density at radius 2 is 1.95 bits per heavy atom. The zero-order valence-electron chi connectivity index (χ0n) is 11.9. The lowest BCUT2D eigenvalue weighted by Gasteiger charge is -2.23. The van der Waals surface area contributed by atoms with Crippen LogP contribution in [0.2, 0.25) is 0 Å². The van der Waals surface area contributed by atoms with E-state index in [0.717, 1.165) is 31.5 Å². The molecule has 1 aromatic carbocycles. The van der Waals surface area contributed by atoms with E-state index in [9.17, 15) is 9.18 Å². The molecule has 0 radical (unpaired) electrons. The molecule has 0 bridgehead atoms. The number of rotatable bonds is 3. The summed E-state index contributed by atoms with van der Waals surface area (Å²) in [6.45, 7) is 5.69. The Kier molecular flexibility index (Phi) is 6.43. The van der Waals surface area contributed by atoms with Crippen LogP contribution in [0.4, 0.5) is 4.39 Å². The first-order valence-corrected chi connectivity index (χ1v) is 6.88. The Bertz CT molecular complexity index is 459. The molecule has 0 spiro atoms. The largest absolute Gasteiger partial charge is 0.350 e. The van der Waals surface area contributed by atoms with Crippen LogP contribution in [0.5, 0.6) is 0 Å². The molecule has 0 saturated carbocycles. The third-order valence-electron chi connectivity index (χ3n) is 3.41. The fourth-order valence-corrected chi connectivity index (χ4v) is 2.48. The molecular weight excluding hydrogens is 279 g/mol. The van der Waals surface area contributed by atoms with Gasteiger partial charge in [-0.15, -0.1) is 12.4 Å². The Labute approximate surface area is 125 Å². The monoisotopic (exact) mass is 300 g/mol. The Morgan fingerprint density at radius 1 is 1.30 bits per heavy atom. The molecule has 1 fully saturated rings. The molecule has 112 valence electrons. The van der Waals surface area contributed by atoms with E-state index >= 15 is 0 Å². The first-order valence-electron chi connectivity index (χ1n) is 6.88. The fraction of sp³-hybridized carbons (Fsp3) is 0.533. The number of carbonyl (C=O) groups excluding carboxylic acids is 1. The number of carbonyl (C=O) groups is 1. The third kappa shape index (κ3) is 4.46. The molecule has 0 unspecified atom stereocenters. The minimum atomic E-state index is -0.329. The van der Waals surface area contributed by atoms with Gasteiger partial charge in [0.15, 0.2) is 0 Å². The smallest absolute Gasteiger partial charge is 0.251 e. The zero-order chi connectivity index (χ0) is 13.8. The number of hydrogen-bond donors (Lipinski definition) is 2. The highest BCUT2D eigenvalue weighted by Crippen LogP contribution is 2.26. The van der Waals surface area contributed by atoms with Gasteiger partial charge in [0.1, 0.15) is 5.82 Å². The minimum absolute atomic E-state index is 0. The van der Waals surface area contributed by atoms with Crippen molar-refractivity contribution in [3.05, 3.63) is 35.1 Å². The van der Waals surface area contributed by atoms with Crippen molar-refractivity contribution in [2.75, 3.05) is 13.1 Å². The normalized spacial score (nSPS) is 15.8. The van der Waals surface area contributed by atoms with E-state index in [1.54, 1.807) is 6.07 Å². The van der Waals surface area contributed by atoms with Gasteiger partial charge >= 0.3 is 0 Å². The summed E-state index contributed by atoms with van der Waals surface area (Å²) in [7, 11) is 0. The van der Waals surface area contributed by atoms with E-state index in [2.05, 4.69) is 10.6 Å². The Morgan fingerprint density at radius 3 is 2.55 bits per heavy atom. The lowest BCUT2D eigenvalue weighted by molar-refractivity contribution is 0.0942. The lowest BCUT2D eigenvalue weighted by atomic mass is 9.89. The second-order valence-corrected chi connectivity index (χ2v) is 5.43. The van der Waals surface area contributed by atoms with Crippen molar-refractivity contribution in [3.8, 4) is 0 Å². The van der Waals surface area contributed by atoms with Gasteiger partial charge in [0.25, 0.3) is 5.91 Å². The average molecular weight is 301 g/mol. The summed E-state index contributed by atoms with van der Waals surface area (Å²) >= 11 is 0. The topological polar surface area (TPSA) is 41.1 Å². The summed E-state index contributed by atoms with van der Waals surface area (Å²) in [5.41, 5.74) is 1.36. The lowest BCUT2D eigenvalue weighted by Crippen LogP contribution is -2.30. The van der Waals surface area contributed by atoms with Crippen LogP contribution in [0.15, 0.2) is 18.2 Å². The van der Waals surface area contributed by atoms with Crippen LogP contribution in [-0.4, -0.2) is 25.0 Å². The second-order valence-electron chi connectivity index (χ2n) is 5.43. The molecule has 1 aliphatic rings. The molecule has 1 aliphatic heterocycles. The molecule has 0 aliphatic carbocycles. The molecule has 20 heavy (non-hydrogen) atoms. The summed E-state index contributed by atoms with van der Waals surface area (Å²) < 4.78 is 13.7. The molecule has 1 amide bonds. The number of nitrogens with one attached hydrogen (secondary N) is 2. The highest BCUT2D eigenvalue weighted by molar-refractivity contribution is 5.94. The van der Waals surface area contributed by atoms with Gasteiger partial charge in [0, 0.05) is 11.6 Å². The molecule has 0 aromatic heterocycles. The maximum absolute atomic E-state index is 13.7. The van der Waals surface area contributed by atoms with Crippen molar-refractivity contribution in [3.63, 3.8) is 0 Å². The molecule has 5 heteroatoms. The maximum Gasteiger partial charge on any atom is 0.251 e. The van der Waals surface area contributed by atoms with Crippen LogP contribution >= 0.6 is 12.4 Å². The third-order valence-corrected chi connectivity index (χ3v) is 3.41. The quantitative estimate of drug-likeness (QED) is 0.901. The number of halogens is 2. The van der Waals surface area contributed by atoms with Crippen molar-refractivity contribution in [1.29, 1.82) is 0 Å². The van der Waals surface area contributed by atoms with Gasteiger partial charge in [-0.05, 0) is 69.5 Å². The molecule has 1 heterocycles. The van der Waals surface area contributed by atoms with Gasteiger partial charge in [-0.25, -0.2) is 4.39 Å². The summed E-state index contributed by atoms with van der Waals surface area (Å²) in [5, 5.41) is 6.09. The minimum Gasteiger partial charge on any atom is -0.350 e. The van der Waals surface area contributed by atoms with E-state index in [-0.39, 0.29) is 30.2 Å². The van der Waals surface area contributed by atoms with Gasteiger partial charge in [0.2, 0.25) is 0 Å². The zero-order valence-corrected chi connectivity index (χ0v) is 12.7. The predicted molar refractivity (Wildman–Crippen MR) is 81.1 cm³/mol. The number of hydrogen-bond acceptors (Lipinski definition) is 2. The summed E-state index contributed by atoms with van der Waals surface area (Å²) in [6.07, 6.45) is 1.99. The van der Waals surface area contributed by atoms with E-state index in [1.165, 1.54) is 6.07 Å². The highest BCUT2D eigenvalue weighted by atomic mass is 35.5. The number of amides is 1. The van der Waals surface area contributed by atoms with Gasteiger partial charge in [-0.1, -0.05) is 0 Å². The van der Waals surface area contributed by atoms with Crippen molar-refractivity contribution < 1.29 is 9.18 Å². The molecule has 1 saturated heterocycles. The summed E-state index contributed by atoms with van der Waals surface area (Å²) in [6, 6.07) is 4.75. The summed E-state index contributed by atoms with van der Waals surface area (Å²) in [4.78, 5) is 12.0.